The lowest BCUT2D eigenvalue weighted by Gasteiger charge is -2.10. The van der Waals surface area contributed by atoms with Crippen LogP contribution in [0.3, 0.4) is 0 Å². The highest BCUT2D eigenvalue weighted by Crippen LogP contribution is 2.24. The molecule has 1 amide bonds. The monoisotopic (exact) mass is 313 g/mol. The predicted octanol–water partition coefficient (Wildman–Crippen LogP) is 3.40. The summed E-state index contributed by atoms with van der Waals surface area (Å²) in [7, 11) is 1.50. The van der Waals surface area contributed by atoms with Gasteiger partial charge in [-0.05, 0) is 49.8 Å². The number of benzene rings is 1. The maximum atomic E-state index is 11.6. The second-order valence-electron chi connectivity index (χ2n) is 4.89. The molecular weight excluding hydrogens is 298 g/mol. The smallest absolute Gasteiger partial charge is 0.261 e. The first-order chi connectivity index (χ1) is 10.5. The second kappa shape index (κ2) is 6.50. The number of amides is 1. The molecule has 0 radical (unpaired) electrons. The van der Waals surface area contributed by atoms with Gasteiger partial charge in [-0.3, -0.25) is 4.79 Å². The molecule has 5 heteroatoms. The Morgan fingerprint density at radius 1 is 1.36 bits per heavy atom. The molecule has 1 aromatic carbocycles. The molecule has 4 nitrogen and oxygen atoms in total. The molecule has 1 N–H and O–H groups in total. The third-order valence-electron chi connectivity index (χ3n) is 3.43. The summed E-state index contributed by atoms with van der Waals surface area (Å²) in [6, 6.07) is 11.4. The van der Waals surface area contributed by atoms with Gasteiger partial charge >= 0.3 is 0 Å². The zero-order valence-corrected chi connectivity index (χ0v) is 13.4. The Balaban J connectivity index is 2.55. The lowest BCUT2D eigenvalue weighted by molar-refractivity contribution is -0.116. The maximum absolute atomic E-state index is 11.6. The fourth-order valence-electron chi connectivity index (χ4n) is 2.39. The minimum Gasteiger partial charge on any atom is -0.354 e. The van der Waals surface area contributed by atoms with Crippen LogP contribution in [0, 0.1) is 25.2 Å². The summed E-state index contributed by atoms with van der Waals surface area (Å²) in [6.07, 6.45) is 1.60. The van der Waals surface area contributed by atoms with Crippen LogP contribution in [0.25, 0.3) is 11.8 Å². The maximum Gasteiger partial charge on any atom is 0.261 e. The third-order valence-corrected chi connectivity index (χ3v) is 3.66. The molecule has 0 aliphatic heterocycles. The molecule has 0 spiro atoms. The number of carbonyl (C=O) groups is 1. The largest absolute Gasteiger partial charge is 0.354 e. The van der Waals surface area contributed by atoms with Gasteiger partial charge in [-0.15, -0.1) is 0 Å². The van der Waals surface area contributed by atoms with Crippen LogP contribution in [0.5, 0.6) is 0 Å². The lowest BCUT2D eigenvalue weighted by Crippen LogP contribution is -2.19. The van der Waals surface area contributed by atoms with Gasteiger partial charge in [0, 0.05) is 29.1 Å². The van der Waals surface area contributed by atoms with Crippen LogP contribution in [0.4, 0.5) is 0 Å². The number of aromatic nitrogens is 1. The van der Waals surface area contributed by atoms with E-state index in [9.17, 15) is 4.79 Å². The molecule has 0 saturated carbocycles. The van der Waals surface area contributed by atoms with Crippen molar-refractivity contribution in [2.24, 2.45) is 0 Å². The quantitative estimate of drug-likeness (QED) is 0.697. The van der Waals surface area contributed by atoms with E-state index in [1.165, 1.54) is 7.05 Å². The molecule has 0 fully saturated rings. The van der Waals surface area contributed by atoms with E-state index in [1.54, 1.807) is 6.08 Å². The van der Waals surface area contributed by atoms with Gasteiger partial charge in [0.1, 0.15) is 11.6 Å². The molecule has 0 atom stereocenters. The molecule has 0 aliphatic carbocycles. The zero-order valence-electron chi connectivity index (χ0n) is 12.6. The highest BCUT2D eigenvalue weighted by molar-refractivity contribution is 6.30. The van der Waals surface area contributed by atoms with Gasteiger partial charge in [-0.2, -0.15) is 5.26 Å². The molecule has 2 aromatic rings. The zero-order chi connectivity index (χ0) is 16.3. The van der Waals surface area contributed by atoms with E-state index in [-0.39, 0.29) is 5.57 Å². The molecule has 0 aliphatic rings. The van der Waals surface area contributed by atoms with Crippen LogP contribution in [-0.4, -0.2) is 17.5 Å². The Kier molecular flexibility index (Phi) is 4.69. The summed E-state index contributed by atoms with van der Waals surface area (Å²) < 4.78 is 2.04. The van der Waals surface area contributed by atoms with Crippen LogP contribution in [0.1, 0.15) is 17.0 Å². The van der Waals surface area contributed by atoms with Gasteiger partial charge < -0.3 is 9.88 Å². The van der Waals surface area contributed by atoms with Gasteiger partial charge in [-0.25, -0.2) is 0 Å². The molecule has 0 bridgehead atoms. The van der Waals surface area contributed by atoms with Crippen LogP contribution in [-0.2, 0) is 4.79 Å². The fraction of sp³-hybridized carbons (Fsp3) is 0.176. The van der Waals surface area contributed by atoms with Crippen LogP contribution >= 0.6 is 11.6 Å². The number of nitrogens with one attached hydrogen (secondary N) is 1. The Morgan fingerprint density at radius 2 is 2.09 bits per heavy atom. The Morgan fingerprint density at radius 3 is 2.68 bits per heavy atom. The highest BCUT2D eigenvalue weighted by Gasteiger charge is 2.12. The van der Waals surface area contributed by atoms with E-state index in [1.807, 2.05) is 54.8 Å². The average Bonchev–Trinajstić information content (AvgIpc) is 2.78. The van der Waals surface area contributed by atoms with Crippen molar-refractivity contribution in [3.63, 3.8) is 0 Å². The van der Waals surface area contributed by atoms with Gasteiger partial charge in [0.2, 0.25) is 0 Å². The van der Waals surface area contributed by atoms with Crippen molar-refractivity contribution in [3.8, 4) is 11.8 Å². The highest BCUT2D eigenvalue weighted by atomic mass is 35.5. The first-order valence-corrected chi connectivity index (χ1v) is 7.14. The summed E-state index contributed by atoms with van der Waals surface area (Å²) in [4.78, 5) is 11.6. The summed E-state index contributed by atoms with van der Waals surface area (Å²) in [6.45, 7) is 3.91. The number of likely N-dealkylation sites (N-methyl/N-ethyl adjacent to an activating group) is 1. The SMILES string of the molecule is CNC(=O)C(C#N)=Cc1cc(C)n(-c2cccc(Cl)c2)c1C. The molecule has 0 saturated heterocycles. The van der Waals surface area contributed by atoms with Crippen molar-refractivity contribution in [1.82, 2.24) is 9.88 Å². The molecular formula is C17H16ClN3O. The third kappa shape index (κ3) is 3.05. The van der Waals surface area contributed by atoms with E-state index in [0.29, 0.717) is 5.02 Å². The molecule has 112 valence electrons. The Labute approximate surface area is 134 Å². The number of hydrogen-bond acceptors (Lipinski definition) is 2. The molecule has 1 aromatic heterocycles. The van der Waals surface area contributed by atoms with Crippen LogP contribution < -0.4 is 5.32 Å². The van der Waals surface area contributed by atoms with Gasteiger partial charge in [0.25, 0.3) is 5.91 Å². The van der Waals surface area contributed by atoms with E-state index in [0.717, 1.165) is 22.6 Å². The number of aryl methyl sites for hydroxylation is 1. The number of halogens is 1. The summed E-state index contributed by atoms with van der Waals surface area (Å²) in [5.41, 5.74) is 3.80. The number of rotatable bonds is 3. The van der Waals surface area contributed by atoms with Crippen molar-refractivity contribution >= 4 is 23.6 Å². The van der Waals surface area contributed by atoms with E-state index < -0.39 is 5.91 Å². The van der Waals surface area contributed by atoms with Crippen molar-refractivity contribution in [2.45, 2.75) is 13.8 Å². The number of nitriles is 1. The van der Waals surface area contributed by atoms with E-state index in [2.05, 4.69) is 5.32 Å². The lowest BCUT2D eigenvalue weighted by atomic mass is 10.1. The van der Waals surface area contributed by atoms with Crippen LogP contribution in [0.15, 0.2) is 35.9 Å². The van der Waals surface area contributed by atoms with Gasteiger partial charge in [-0.1, -0.05) is 17.7 Å². The van der Waals surface area contributed by atoms with E-state index >= 15 is 0 Å². The fourth-order valence-corrected chi connectivity index (χ4v) is 2.57. The summed E-state index contributed by atoms with van der Waals surface area (Å²) in [5.74, 6) is -0.393. The topological polar surface area (TPSA) is 57.8 Å². The Bertz CT molecular complexity index is 797. The van der Waals surface area contributed by atoms with Crippen molar-refractivity contribution in [2.75, 3.05) is 7.05 Å². The average molecular weight is 314 g/mol. The second-order valence-corrected chi connectivity index (χ2v) is 5.33. The van der Waals surface area contributed by atoms with Gasteiger partial charge in [0.05, 0.1) is 0 Å². The first kappa shape index (κ1) is 15.9. The molecule has 2 rings (SSSR count). The molecule has 1 heterocycles. The Hall–Kier alpha value is -2.51. The van der Waals surface area contributed by atoms with Gasteiger partial charge in [0.15, 0.2) is 0 Å². The van der Waals surface area contributed by atoms with Crippen molar-refractivity contribution in [1.29, 1.82) is 5.26 Å². The molecule has 22 heavy (non-hydrogen) atoms. The predicted molar refractivity (Wildman–Crippen MR) is 87.9 cm³/mol. The summed E-state index contributed by atoms with van der Waals surface area (Å²) >= 11 is 6.05. The number of hydrogen-bond donors (Lipinski definition) is 1. The molecule has 0 unspecified atom stereocenters. The summed E-state index contributed by atoms with van der Waals surface area (Å²) in [5, 5.41) is 12.2. The first-order valence-electron chi connectivity index (χ1n) is 6.76. The normalized spacial score (nSPS) is 11.1. The number of nitrogens with zero attached hydrogens (tertiary/aromatic N) is 2. The minimum absolute atomic E-state index is 0.0776. The van der Waals surface area contributed by atoms with E-state index in [4.69, 9.17) is 16.9 Å². The number of carbonyl (C=O) groups excluding carboxylic acids is 1. The van der Waals surface area contributed by atoms with Crippen molar-refractivity contribution < 1.29 is 4.79 Å². The van der Waals surface area contributed by atoms with Crippen molar-refractivity contribution in [3.05, 3.63) is 57.9 Å². The standard InChI is InChI=1S/C17H16ClN3O/c1-11-7-13(8-14(10-19)17(22)20-3)12(2)21(11)16-6-4-5-15(18)9-16/h4-9H,1-3H3,(H,20,22). The van der Waals surface area contributed by atoms with Crippen LogP contribution in [0.2, 0.25) is 5.02 Å². The minimum atomic E-state index is -0.393.